The minimum absolute atomic E-state index is 0.298. The molecule has 2 rings (SSSR count). The van der Waals surface area contributed by atoms with E-state index in [0.717, 1.165) is 11.0 Å². The standard InChI is InChI=1S/C10H17N3S/c1-10(2,3)8(7-4-5-7)13-9-11-6-12-14-9/h6-8H,4-5H2,1-3H3,(H,11,12,13). The number of nitrogens with one attached hydrogen (secondary N) is 1. The first-order valence-electron chi connectivity index (χ1n) is 5.10. The van der Waals surface area contributed by atoms with Crippen molar-refractivity contribution in [1.29, 1.82) is 0 Å². The Hall–Kier alpha value is -0.640. The first kappa shape index (κ1) is 9.90. The number of nitrogens with zero attached hydrogens (tertiary/aromatic N) is 2. The molecule has 78 valence electrons. The second-order valence-corrected chi connectivity index (χ2v) is 5.85. The second-order valence-electron chi connectivity index (χ2n) is 5.07. The van der Waals surface area contributed by atoms with Gasteiger partial charge in [-0.1, -0.05) is 20.8 Å². The van der Waals surface area contributed by atoms with Gasteiger partial charge < -0.3 is 5.32 Å². The minimum atomic E-state index is 0.298. The lowest BCUT2D eigenvalue weighted by Crippen LogP contribution is -2.35. The molecule has 0 aromatic carbocycles. The van der Waals surface area contributed by atoms with Crippen molar-refractivity contribution in [2.45, 2.75) is 39.7 Å². The minimum Gasteiger partial charge on any atom is -0.357 e. The molecule has 1 unspecified atom stereocenters. The Balaban J connectivity index is 2.05. The molecule has 0 saturated heterocycles. The van der Waals surface area contributed by atoms with Gasteiger partial charge in [-0.3, -0.25) is 0 Å². The highest BCUT2D eigenvalue weighted by Gasteiger charge is 2.38. The zero-order chi connectivity index (χ0) is 10.2. The lowest BCUT2D eigenvalue weighted by atomic mass is 9.84. The lowest BCUT2D eigenvalue weighted by Gasteiger charge is -2.31. The fraction of sp³-hybridized carbons (Fsp3) is 0.800. The summed E-state index contributed by atoms with van der Waals surface area (Å²) in [7, 11) is 0. The number of hydrogen-bond acceptors (Lipinski definition) is 4. The van der Waals surface area contributed by atoms with Gasteiger partial charge in [-0.25, -0.2) is 4.98 Å². The molecule has 1 aromatic rings. The van der Waals surface area contributed by atoms with Crippen LogP contribution < -0.4 is 5.32 Å². The molecule has 1 aromatic heterocycles. The molecule has 0 amide bonds. The summed E-state index contributed by atoms with van der Waals surface area (Å²) in [4.78, 5) is 4.18. The number of aromatic nitrogens is 2. The Morgan fingerprint density at radius 2 is 2.21 bits per heavy atom. The number of rotatable bonds is 3. The van der Waals surface area contributed by atoms with Crippen LogP contribution in [0.2, 0.25) is 0 Å². The van der Waals surface area contributed by atoms with Crippen LogP contribution in [0.15, 0.2) is 6.33 Å². The van der Waals surface area contributed by atoms with Crippen molar-refractivity contribution in [2.75, 3.05) is 5.32 Å². The third kappa shape index (κ3) is 2.23. The van der Waals surface area contributed by atoms with Crippen molar-refractivity contribution in [2.24, 2.45) is 11.3 Å². The molecular weight excluding hydrogens is 194 g/mol. The van der Waals surface area contributed by atoms with Gasteiger partial charge >= 0.3 is 0 Å². The molecular formula is C10H17N3S. The normalized spacial score (nSPS) is 19.4. The second kappa shape index (κ2) is 3.50. The Bertz CT molecular complexity index is 285. The summed E-state index contributed by atoms with van der Waals surface area (Å²) >= 11 is 1.44. The maximum atomic E-state index is 4.18. The van der Waals surface area contributed by atoms with E-state index in [4.69, 9.17) is 0 Å². The SMILES string of the molecule is CC(C)(C)C(Nc1ncns1)C1CC1. The van der Waals surface area contributed by atoms with Gasteiger partial charge in [0.05, 0.1) is 0 Å². The summed E-state index contributed by atoms with van der Waals surface area (Å²) in [6.45, 7) is 6.85. The Labute approximate surface area is 89.1 Å². The van der Waals surface area contributed by atoms with E-state index in [2.05, 4.69) is 35.4 Å². The van der Waals surface area contributed by atoms with E-state index in [0.29, 0.717) is 11.5 Å². The maximum Gasteiger partial charge on any atom is 0.202 e. The van der Waals surface area contributed by atoms with E-state index in [-0.39, 0.29) is 0 Å². The smallest absolute Gasteiger partial charge is 0.202 e. The lowest BCUT2D eigenvalue weighted by molar-refractivity contribution is 0.313. The van der Waals surface area contributed by atoms with Crippen molar-refractivity contribution in [3.05, 3.63) is 6.33 Å². The average molecular weight is 211 g/mol. The van der Waals surface area contributed by atoms with Crippen LogP contribution in [-0.2, 0) is 0 Å². The summed E-state index contributed by atoms with van der Waals surface area (Å²) in [5, 5.41) is 4.46. The molecule has 1 heterocycles. The first-order chi connectivity index (χ1) is 6.57. The highest BCUT2D eigenvalue weighted by molar-refractivity contribution is 7.09. The van der Waals surface area contributed by atoms with Crippen LogP contribution in [-0.4, -0.2) is 15.4 Å². The van der Waals surface area contributed by atoms with Gasteiger partial charge in [0.15, 0.2) is 0 Å². The molecule has 4 heteroatoms. The van der Waals surface area contributed by atoms with Crippen molar-refractivity contribution in [3.63, 3.8) is 0 Å². The zero-order valence-corrected chi connectivity index (χ0v) is 9.77. The molecule has 0 spiro atoms. The number of anilines is 1. The summed E-state index contributed by atoms with van der Waals surface area (Å²) < 4.78 is 4.01. The molecule has 1 aliphatic carbocycles. The van der Waals surface area contributed by atoms with Crippen LogP contribution in [0.3, 0.4) is 0 Å². The van der Waals surface area contributed by atoms with Crippen LogP contribution in [0, 0.1) is 11.3 Å². The Morgan fingerprint density at radius 3 is 2.64 bits per heavy atom. The largest absolute Gasteiger partial charge is 0.357 e. The summed E-state index contributed by atoms with van der Waals surface area (Å²) in [6.07, 6.45) is 4.32. The molecule has 0 aliphatic heterocycles. The first-order valence-corrected chi connectivity index (χ1v) is 5.88. The monoisotopic (exact) mass is 211 g/mol. The van der Waals surface area contributed by atoms with Crippen molar-refractivity contribution < 1.29 is 0 Å². The third-order valence-corrected chi connectivity index (χ3v) is 3.26. The Morgan fingerprint density at radius 1 is 1.50 bits per heavy atom. The molecule has 1 N–H and O–H groups in total. The van der Waals surface area contributed by atoms with Gasteiger partial charge in [0.1, 0.15) is 6.33 Å². The molecule has 14 heavy (non-hydrogen) atoms. The highest BCUT2D eigenvalue weighted by Crippen LogP contribution is 2.41. The van der Waals surface area contributed by atoms with Crippen molar-refractivity contribution >= 4 is 16.7 Å². The van der Waals surface area contributed by atoms with Gasteiger partial charge in [-0.15, -0.1) is 0 Å². The highest BCUT2D eigenvalue weighted by atomic mass is 32.1. The van der Waals surface area contributed by atoms with Crippen molar-refractivity contribution in [1.82, 2.24) is 9.36 Å². The summed E-state index contributed by atoms with van der Waals surface area (Å²) in [5.74, 6) is 0.832. The Kier molecular flexibility index (Phi) is 2.47. The molecule has 0 radical (unpaired) electrons. The molecule has 1 aliphatic rings. The molecule has 0 bridgehead atoms. The van der Waals surface area contributed by atoms with Crippen molar-refractivity contribution in [3.8, 4) is 0 Å². The van der Waals surface area contributed by atoms with E-state index in [9.17, 15) is 0 Å². The summed E-state index contributed by atoms with van der Waals surface area (Å²) in [6, 6.07) is 0.537. The van der Waals surface area contributed by atoms with E-state index < -0.39 is 0 Å². The van der Waals surface area contributed by atoms with Gasteiger partial charge in [0, 0.05) is 17.6 Å². The van der Waals surface area contributed by atoms with Gasteiger partial charge in [-0.05, 0) is 24.2 Å². The van der Waals surface area contributed by atoms with Crippen LogP contribution in [0.1, 0.15) is 33.6 Å². The quantitative estimate of drug-likeness (QED) is 0.835. The van der Waals surface area contributed by atoms with Crippen LogP contribution >= 0.6 is 11.5 Å². The number of hydrogen-bond donors (Lipinski definition) is 1. The van der Waals surface area contributed by atoms with E-state index >= 15 is 0 Å². The van der Waals surface area contributed by atoms with Crippen LogP contribution in [0.5, 0.6) is 0 Å². The predicted molar refractivity (Wildman–Crippen MR) is 59.5 cm³/mol. The predicted octanol–water partition coefficient (Wildman–Crippen LogP) is 2.77. The molecule has 1 atom stereocenters. The topological polar surface area (TPSA) is 37.8 Å². The summed E-state index contributed by atoms with van der Waals surface area (Å²) in [5.41, 5.74) is 0.298. The van der Waals surface area contributed by atoms with Crippen LogP contribution in [0.25, 0.3) is 0 Å². The molecule has 1 saturated carbocycles. The van der Waals surface area contributed by atoms with Gasteiger partial charge in [0.2, 0.25) is 5.13 Å². The fourth-order valence-corrected chi connectivity index (χ4v) is 2.31. The third-order valence-electron chi connectivity index (χ3n) is 2.67. The molecule has 1 fully saturated rings. The fourth-order valence-electron chi connectivity index (χ4n) is 1.84. The maximum absolute atomic E-state index is 4.18. The van der Waals surface area contributed by atoms with E-state index in [1.807, 2.05) is 0 Å². The van der Waals surface area contributed by atoms with E-state index in [1.165, 1.54) is 24.4 Å². The average Bonchev–Trinajstić information content (AvgIpc) is 2.77. The van der Waals surface area contributed by atoms with Gasteiger partial charge in [-0.2, -0.15) is 4.37 Å². The van der Waals surface area contributed by atoms with Crippen LogP contribution in [0.4, 0.5) is 5.13 Å². The van der Waals surface area contributed by atoms with Gasteiger partial charge in [0.25, 0.3) is 0 Å². The molecule has 3 nitrogen and oxygen atoms in total. The van der Waals surface area contributed by atoms with E-state index in [1.54, 1.807) is 6.33 Å². The zero-order valence-electron chi connectivity index (χ0n) is 8.95.